The summed E-state index contributed by atoms with van der Waals surface area (Å²) in [7, 11) is 0. The van der Waals surface area contributed by atoms with Crippen LogP contribution in [-0.2, 0) is 11.3 Å². The van der Waals surface area contributed by atoms with Crippen LogP contribution in [0, 0.1) is 24.7 Å². The van der Waals surface area contributed by atoms with Crippen molar-refractivity contribution in [3.63, 3.8) is 0 Å². The highest BCUT2D eigenvalue weighted by molar-refractivity contribution is 5.85. The molecule has 0 radical (unpaired) electrons. The molecule has 0 heterocycles. The van der Waals surface area contributed by atoms with Crippen molar-refractivity contribution >= 4 is 12.0 Å². The molecule has 0 saturated heterocycles. The van der Waals surface area contributed by atoms with E-state index in [1.54, 1.807) is 6.08 Å². The second-order valence-corrected chi connectivity index (χ2v) is 6.77. The number of hydrogen-bond donors (Lipinski definition) is 2. The number of rotatable bonds is 6. The summed E-state index contributed by atoms with van der Waals surface area (Å²) in [5.74, 6) is 6.39. The molecule has 0 aromatic heterocycles. The Morgan fingerprint density at radius 3 is 2.65 bits per heavy atom. The molecule has 1 aliphatic carbocycles. The molecule has 0 atom stereocenters. The zero-order valence-corrected chi connectivity index (χ0v) is 15.0. The molecule has 26 heavy (non-hydrogen) atoms. The maximum atomic E-state index is 10.5. The van der Waals surface area contributed by atoms with Crippen LogP contribution in [0.5, 0.6) is 0 Å². The Balaban J connectivity index is 1.66. The van der Waals surface area contributed by atoms with E-state index in [-0.39, 0.29) is 0 Å². The highest BCUT2D eigenvalue weighted by Crippen LogP contribution is 2.27. The Kier molecular flexibility index (Phi) is 5.88. The van der Waals surface area contributed by atoms with Crippen molar-refractivity contribution in [2.75, 3.05) is 6.54 Å². The lowest BCUT2D eigenvalue weighted by Crippen LogP contribution is -2.16. The van der Waals surface area contributed by atoms with Crippen molar-refractivity contribution in [3.05, 3.63) is 76.4 Å². The molecule has 132 valence electrons. The van der Waals surface area contributed by atoms with Gasteiger partial charge in [-0.3, -0.25) is 0 Å². The second-order valence-electron chi connectivity index (χ2n) is 6.77. The average Bonchev–Trinajstić information content (AvgIpc) is 3.45. The van der Waals surface area contributed by atoms with Crippen LogP contribution in [0.2, 0.25) is 0 Å². The normalized spacial score (nSPS) is 13.4. The molecule has 0 unspecified atom stereocenters. The molecule has 3 heteroatoms. The fourth-order valence-corrected chi connectivity index (χ4v) is 2.64. The quantitative estimate of drug-likeness (QED) is 0.615. The second kappa shape index (κ2) is 8.51. The molecule has 0 bridgehead atoms. The van der Waals surface area contributed by atoms with E-state index < -0.39 is 5.97 Å². The molecular weight excluding hydrogens is 322 g/mol. The van der Waals surface area contributed by atoms with Gasteiger partial charge in [-0.15, -0.1) is 0 Å². The standard InChI is InChI=1S/C23H23NO2/c1-17-2-3-21(16-24-15-20-8-9-20)14-22(17)12-10-18-4-6-19(7-5-18)11-13-23(25)26/h2-7,11,13-14,20,24H,8-9,15-16H2,1H3,(H,25,26)/b13-11+. The Labute approximate surface area is 154 Å². The fourth-order valence-electron chi connectivity index (χ4n) is 2.64. The van der Waals surface area contributed by atoms with Gasteiger partial charge in [0.25, 0.3) is 0 Å². The van der Waals surface area contributed by atoms with E-state index >= 15 is 0 Å². The third-order valence-electron chi connectivity index (χ3n) is 4.43. The SMILES string of the molecule is Cc1ccc(CNCC2CC2)cc1C#Cc1ccc(/C=C/C(=O)O)cc1. The minimum Gasteiger partial charge on any atom is -0.478 e. The van der Waals surface area contributed by atoms with Gasteiger partial charge in [0.1, 0.15) is 0 Å². The van der Waals surface area contributed by atoms with Gasteiger partial charge in [-0.1, -0.05) is 36.1 Å². The van der Waals surface area contributed by atoms with E-state index in [2.05, 4.69) is 42.3 Å². The van der Waals surface area contributed by atoms with Crippen LogP contribution in [0.25, 0.3) is 6.08 Å². The number of carboxylic acids is 1. The van der Waals surface area contributed by atoms with Gasteiger partial charge in [-0.2, -0.15) is 0 Å². The number of carboxylic acid groups (broad SMARTS) is 1. The van der Waals surface area contributed by atoms with E-state index in [1.165, 1.54) is 24.0 Å². The maximum absolute atomic E-state index is 10.5. The van der Waals surface area contributed by atoms with Gasteiger partial charge in [0.2, 0.25) is 0 Å². The number of benzene rings is 2. The zero-order valence-electron chi connectivity index (χ0n) is 15.0. The van der Waals surface area contributed by atoms with Crippen LogP contribution in [-0.4, -0.2) is 17.6 Å². The molecule has 1 fully saturated rings. The van der Waals surface area contributed by atoms with Crippen molar-refractivity contribution in [1.29, 1.82) is 0 Å². The van der Waals surface area contributed by atoms with Crippen molar-refractivity contribution < 1.29 is 9.90 Å². The zero-order chi connectivity index (χ0) is 18.4. The minimum atomic E-state index is -0.948. The van der Waals surface area contributed by atoms with Crippen molar-refractivity contribution in [2.45, 2.75) is 26.3 Å². The van der Waals surface area contributed by atoms with Crippen LogP contribution in [0.15, 0.2) is 48.5 Å². The van der Waals surface area contributed by atoms with E-state index in [0.29, 0.717) is 0 Å². The molecule has 0 amide bonds. The molecule has 2 aromatic carbocycles. The summed E-state index contributed by atoms with van der Waals surface area (Å²) in [5, 5.41) is 12.2. The highest BCUT2D eigenvalue weighted by atomic mass is 16.4. The van der Waals surface area contributed by atoms with Gasteiger partial charge in [-0.05, 0) is 73.2 Å². The minimum absolute atomic E-state index is 0.845. The maximum Gasteiger partial charge on any atom is 0.328 e. The first kappa shape index (κ1) is 18.0. The first-order valence-electron chi connectivity index (χ1n) is 8.93. The lowest BCUT2D eigenvalue weighted by Gasteiger charge is -2.06. The Hall–Kier alpha value is -2.83. The molecule has 1 aliphatic rings. The van der Waals surface area contributed by atoms with Crippen LogP contribution in [0.1, 0.15) is 40.7 Å². The molecule has 2 N–H and O–H groups in total. The summed E-state index contributed by atoms with van der Waals surface area (Å²) in [4.78, 5) is 10.5. The van der Waals surface area contributed by atoms with Gasteiger partial charge in [0.05, 0.1) is 0 Å². The van der Waals surface area contributed by atoms with E-state index in [1.807, 2.05) is 24.3 Å². The van der Waals surface area contributed by atoms with Crippen LogP contribution >= 0.6 is 0 Å². The van der Waals surface area contributed by atoms with Crippen molar-refractivity contribution in [3.8, 4) is 11.8 Å². The predicted molar refractivity (Wildman–Crippen MR) is 105 cm³/mol. The van der Waals surface area contributed by atoms with Crippen LogP contribution in [0.3, 0.4) is 0 Å². The summed E-state index contributed by atoms with van der Waals surface area (Å²) >= 11 is 0. The molecule has 1 saturated carbocycles. The Bertz CT molecular complexity index is 865. The number of aryl methyl sites for hydroxylation is 1. The molecule has 0 aliphatic heterocycles. The van der Waals surface area contributed by atoms with Crippen LogP contribution < -0.4 is 5.32 Å². The lowest BCUT2D eigenvalue weighted by atomic mass is 10.0. The largest absolute Gasteiger partial charge is 0.478 e. The third kappa shape index (κ3) is 5.61. The van der Waals surface area contributed by atoms with Gasteiger partial charge >= 0.3 is 5.97 Å². The van der Waals surface area contributed by atoms with Gasteiger partial charge < -0.3 is 10.4 Å². The van der Waals surface area contributed by atoms with Gasteiger partial charge in [0.15, 0.2) is 0 Å². The van der Waals surface area contributed by atoms with Crippen LogP contribution in [0.4, 0.5) is 0 Å². The fraction of sp³-hybridized carbons (Fsp3) is 0.261. The number of hydrogen-bond acceptors (Lipinski definition) is 2. The summed E-state index contributed by atoms with van der Waals surface area (Å²) < 4.78 is 0. The Morgan fingerprint density at radius 1 is 1.19 bits per heavy atom. The summed E-state index contributed by atoms with van der Waals surface area (Å²) in [6.45, 7) is 4.07. The van der Waals surface area contributed by atoms with Gasteiger partial charge in [0, 0.05) is 23.7 Å². The van der Waals surface area contributed by atoms with E-state index in [9.17, 15) is 4.79 Å². The number of carbonyl (C=O) groups is 1. The first-order chi connectivity index (χ1) is 12.6. The van der Waals surface area contributed by atoms with Crippen molar-refractivity contribution in [1.82, 2.24) is 5.32 Å². The number of aliphatic carboxylic acids is 1. The average molecular weight is 345 g/mol. The summed E-state index contributed by atoms with van der Waals surface area (Å²) in [5.41, 5.74) is 5.23. The smallest absolute Gasteiger partial charge is 0.328 e. The van der Waals surface area contributed by atoms with Gasteiger partial charge in [-0.25, -0.2) is 4.79 Å². The first-order valence-corrected chi connectivity index (χ1v) is 8.93. The van der Waals surface area contributed by atoms with E-state index in [4.69, 9.17) is 5.11 Å². The molecular formula is C23H23NO2. The highest BCUT2D eigenvalue weighted by Gasteiger charge is 2.20. The predicted octanol–water partition coefficient (Wildman–Crippen LogP) is 3.99. The molecule has 2 aromatic rings. The monoisotopic (exact) mass is 345 g/mol. The Morgan fingerprint density at radius 2 is 1.96 bits per heavy atom. The summed E-state index contributed by atoms with van der Waals surface area (Å²) in [6, 6.07) is 14.0. The topological polar surface area (TPSA) is 49.3 Å². The molecule has 3 rings (SSSR count). The third-order valence-corrected chi connectivity index (χ3v) is 4.43. The molecule has 3 nitrogen and oxygen atoms in total. The van der Waals surface area contributed by atoms with E-state index in [0.717, 1.165) is 41.8 Å². The summed E-state index contributed by atoms with van der Waals surface area (Å²) in [6.07, 6.45) is 5.43. The van der Waals surface area contributed by atoms with Crippen molar-refractivity contribution in [2.24, 2.45) is 5.92 Å². The number of nitrogens with one attached hydrogen (secondary N) is 1. The molecule has 0 spiro atoms. The lowest BCUT2D eigenvalue weighted by molar-refractivity contribution is -0.131.